The second-order valence-corrected chi connectivity index (χ2v) is 14.5. The third kappa shape index (κ3) is 4.75. The molecule has 1 aromatic heterocycles. The molecule has 0 fully saturated rings. The lowest BCUT2D eigenvalue weighted by atomic mass is 9.83. The lowest BCUT2D eigenvalue weighted by molar-refractivity contribution is 0.895. The van der Waals surface area contributed by atoms with Crippen molar-refractivity contribution < 1.29 is 0 Å². The number of hydrogen-bond donors (Lipinski definition) is 1. The molecule has 1 aliphatic carbocycles. The zero-order chi connectivity index (χ0) is 35.6. The molecular weight excluding hydrogens is 655 g/mol. The van der Waals surface area contributed by atoms with Gasteiger partial charge in [-0.3, -0.25) is 0 Å². The van der Waals surface area contributed by atoms with Crippen LogP contribution in [0.15, 0.2) is 194 Å². The monoisotopic (exact) mass is 691 g/mol. The first-order valence-corrected chi connectivity index (χ1v) is 19.0. The Balaban J connectivity index is 1.06. The molecule has 3 aliphatic rings. The lowest BCUT2D eigenvalue weighted by Gasteiger charge is -2.32. The molecule has 3 heteroatoms. The van der Waals surface area contributed by atoms with Crippen LogP contribution in [0.25, 0.3) is 55.7 Å². The Morgan fingerprint density at radius 3 is 2.07 bits per heavy atom. The minimum Gasteiger partial charge on any atom is -0.374 e. The van der Waals surface area contributed by atoms with Crippen LogP contribution in [0.3, 0.4) is 0 Å². The van der Waals surface area contributed by atoms with Gasteiger partial charge in [-0.2, -0.15) is 0 Å². The first kappa shape index (κ1) is 30.8. The normalized spacial score (nSPS) is 15.4. The van der Waals surface area contributed by atoms with Crippen LogP contribution in [-0.2, 0) is 0 Å². The van der Waals surface area contributed by atoms with Crippen molar-refractivity contribution in [1.29, 1.82) is 0 Å². The van der Waals surface area contributed by atoms with E-state index in [1.165, 1.54) is 83.7 Å². The molecule has 0 bridgehead atoms. The third-order valence-corrected chi connectivity index (χ3v) is 11.4. The molecule has 0 amide bonds. The average molecular weight is 692 g/mol. The van der Waals surface area contributed by atoms with Gasteiger partial charge in [0.2, 0.25) is 0 Å². The molecular formula is C51H37N3. The van der Waals surface area contributed by atoms with Gasteiger partial charge in [-0.15, -0.1) is 0 Å². The summed E-state index contributed by atoms with van der Waals surface area (Å²) in [5.74, 6) is 0. The minimum absolute atomic E-state index is 0.0999. The second kappa shape index (κ2) is 12.4. The number of fused-ring (bicyclic) bond motifs is 10. The van der Waals surface area contributed by atoms with Crippen molar-refractivity contribution >= 4 is 39.2 Å². The van der Waals surface area contributed by atoms with E-state index in [-0.39, 0.29) is 6.04 Å². The number of benzene rings is 7. The van der Waals surface area contributed by atoms with Crippen molar-refractivity contribution in [2.75, 3.05) is 10.2 Å². The molecule has 1 unspecified atom stereocenters. The topological polar surface area (TPSA) is 20.2 Å². The number of anilines is 4. The van der Waals surface area contributed by atoms with E-state index in [1.807, 2.05) is 0 Å². The molecule has 0 spiro atoms. The van der Waals surface area contributed by atoms with Gasteiger partial charge < -0.3 is 14.8 Å². The highest BCUT2D eigenvalue weighted by Gasteiger charge is 2.32. The molecule has 0 saturated carbocycles. The number of rotatable bonds is 4. The fourth-order valence-corrected chi connectivity index (χ4v) is 9.10. The first-order chi connectivity index (χ1) is 26.8. The van der Waals surface area contributed by atoms with Gasteiger partial charge >= 0.3 is 0 Å². The highest BCUT2D eigenvalue weighted by molar-refractivity contribution is 6.13. The summed E-state index contributed by atoms with van der Waals surface area (Å²) in [4.78, 5) is 2.48. The van der Waals surface area contributed by atoms with Gasteiger partial charge in [0.15, 0.2) is 0 Å². The molecule has 1 N–H and O–H groups in total. The maximum atomic E-state index is 3.90. The number of para-hydroxylation sites is 5. The van der Waals surface area contributed by atoms with E-state index in [0.29, 0.717) is 0 Å². The summed E-state index contributed by atoms with van der Waals surface area (Å²) >= 11 is 0. The third-order valence-electron chi connectivity index (χ3n) is 11.4. The molecule has 1 atom stereocenters. The second-order valence-electron chi connectivity index (χ2n) is 14.5. The van der Waals surface area contributed by atoms with Crippen LogP contribution in [0.2, 0.25) is 0 Å². The smallest absolute Gasteiger partial charge is 0.0770 e. The van der Waals surface area contributed by atoms with Gasteiger partial charge in [0, 0.05) is 44.7 Å². The van der Waals surface area contributed by atoms with Crippen LogP contribution in [0, 0.1) is 0 Å². The number of aromatic nitrogens is 1. The summed E-state index contributed by atoms with van der Waals surface area (Å²) in [5.41, 5.74) is 19.8. The van der Waals surface area contributed by atoms with Crippen LogP contribution in [0.5, 0.6) is 0 Å². The molecule has 0 saturated heterocycles. The van der Waals surface area contributed by atoms with Crippen molar-refractivity contribution in [3.05, 3.63) is 205 Å². The van der Waals surface area contributed by atoms with E-state index in [9.17, 15) is 0 Å². The van der Waals surface area contributed by atoms with Gasteiger partial charge in [-0.1, -0.05) is 140 Å². The molecule has 7 aromatic carbocycles. The van der Waals surface area contributed by atoms with Crippen molar-refractivity contribution in [2.45, 2.75) is 18.9 Å². The Labute approximate surface area is 315 Å². The van der Waals surface area contributed by atoms with Crippen molar-refractivity contribution in [3.63, 3.8) is 0 Å². The van der Waals surface area contributed by atoms with Crippen LogP contribution < -0.4 is 10.2 Å². The van der Waals surface area contributed by atoms with E-state index >= 15 is 0 Å². The Morgan fingerprint density at radius 2 is 1.20 bits per heavy atom. The van der Waals surface area contributed by atoms with Gasteiger partial charge in [0.05, 0.1) is 28.6 Å². The lowest BCUT2D eigenvalue weighted by Crippen LogP contribution is -2.19. The molecule has 0 radical (unpaired) electrons. The first-order valence-electron chi connectivity index (χ1n) is 19.0. The number of allylic oxidation sites excluding steroid dienone is 2. The molecule has 2 aliphatic heterocycles. The Hall–Kier alpha value is -6.84. The summed E-state index contributed by atoms with van der Waals surface area (Å²) < 4.78 is 2.46. The standard InChI is InChI=1S/C51H37N3/c1-2-19-37(20-3-1)54-47-30-12-8-26-43(47)49-42-25-7-11-29-46(42)53(48-31-13-9-27-44(48)51(49)54)38-21-15-17-35(33-38)34-16-14-18-36(32-34)50-41-24-5-4-22-39(41)40-23-6-10-28-45(40)52-50/h1-13,15,17-33,50,52H,14,16H2. The zero-order valence-corrected chi connectivity index (χ0v) is 29.8. The molecule has 256 valence electrons. The summed E-state index contributed by atoms with van der Waals surface area (Å²) in [6.07, 6.45) is 6.89. The van der Waals surface area contributed by atoms with Crippen molar-refractivity contribution in [3.8, 4) is 39.2 Å². The number of hydrogen-bond acceptors (Lipinski definition) is 2. The zero-order valence-electron chi connectivity index (χ0n) is 29.8. The predicted molar refractivity (Wildman–Crippen MR) is 226 cm³/mol. The Morgan fingerprint density at radius 1 is 0.537 bits per heavy atom. The van der Waals surface area contributed by atoms with E-state index in [2.05, 4.69) is 203 Å². The van der Waals surface area contributed by atoms with E-state index in [0.717, 1.165) is 24.2 Å². The quantitative estimate of drug-likeness (QED) is 0.198. The van der Waals surface area contributed by atoms with E-state index in [1.54, 1.807) is 0 Å². The van der Waals surface area contributed by atoms with Crippen LogP contribution in [-0.4, -0.2) is 4.57 Å². The van der Waals surface area contributed by atoms with E-state index < -0.39 is 0 Å². The van der Waals surface area contributed by atoms with Crippen LogP contribution in [0.1, 0.15) is 30.0 Å². The summed E-state index contributed by atoms with van der Waals surface area (Å²) in [5, 5.41) is 5.15. The van der Waals surface area contributed by atoms with Crippen molar-refractivity contribution in [1.82, 2.24) is 4.57 Å². The number of nitrogens with zero attached hydrogens (tertiary/aromatic N) is 2. The minimum atomic E-state index is 0.0999. The molecule has 8 aromatic rings. The van der Waals surface area contributed by atoms with Gasteiger partial charge in [-0.25, -0.2) is 0 Å². The molecule has 3 nitrogen and oxygen atoms in total. The SMILES string of the molecule is C1=C(c2cccc(N3c4ccccc4-c4c(n(-c5ccccc5)c5ccccc45)-c4ccccc43)c2)CCC=C1C1Nc2ccccc2-c2ccccc21. The van der Waals surface area contributed by atoms with Crippen molar-refractivity contribution in [2.24, 2.45) is 0 Å². The van der Waals surface area contributed by atoms with Gasteiger partial charge in [0.25, 0.3) is 0 Å². The highest BCUT2D eigenvalue weighted by Crippen LogP contribution is 2.54. The fourth-order valence-electron chi connectivity index (χ4n) is 9.10. The van der Waals surface area contributed by atoms with Gasteiger partial charge in [-0.05, 0) is 89.2 Å². The molecule has 11 rings (SSSR count). The summed E-state index contributed by atoms with van der Waals surface area (Å²) in [7, 11) is 0. The Bertz CT molecular complexity index is 2820. The van der Waals surface area contributed by atoms with E-state index in [4.69, 9.17) is 0 Å². The predicted octanol–water partition coefficient (Wildman–Crippen LogP) is 13.7. The molecule has 3 heterocycles. The maximum absolute atomic E-state index is 3.90. The fraction of sp³-hybridized carbons (Fsp3) is 0.0588. The van der Waals surface area contributed by atoms with Crippen LogP contribution >= 0.6 is 0 Å². The van der Waals surface area contributed by atoms with Gasteiger partial charge in [0.1, 0.15) is 0 Å². The Kier molecular flexibility index (Phi) is 7.06. The summed E-state index contributed by atoms with van der Waals surface area (Å²) in [6, 6.07) is 64.3. The molecule has 54 heavy (non-hydrogen) atoms. The highest BCUT2D eigenvalue weighted by atomic mass is 15.2. The number of nitrogens with one attached hydrogen (secondary N) is 1. The van der Waals surface area contributed by atoms with Crippen LogP contribution in [0.4, 0.5) is 22.7 Å². The average Bonchev–Trinajstić information content (AvgIpc) is 3.53. The maximum Gasteiger partial charge on any atom is 0.0770 e. The largest absolute Gasteiger partial charge is 0.374 e. The summed E-state index contributed by atoms with van der Waals surface area (Å²) in [6.45, 7) is 0.